The Labute approximate surface area is 208 Å². The van der Waals surface area contributed by atoms with Crippen molar-refractivity contribution in [3.05, 3.63) is 89.2 Å². The van der Waals surface area contributed by atoms with Gasteiger partial charge in [0.2, 0.25) is 5.91 Å². The van der Waals surface area contributed by atoms with Crippen LogP contribution in [0.25, 0.3) is 0 Å². The van der Waals surface area contributed by atoms with Gasteiger partial charge in [-0.2, -0.15) is 0 Å². The van der Waals surface area contributed by atoms with E-state index >= 15 is 0 Å². The van der Waals surface area contributed by atoms with Crippen LogP contribution in [0.3, 0.4) is 0 Å². The van der Waals surface area contributed by atoms with Crippen LogP contribution in [0, 0.1) is 6.92 Å². The minimum absolute atomic E-state index is 0.0400. The van der Waals surface area contributed by atoms with Gasteiger partial charge in [-0.25, -0.2) is 4.79 Å². The van der Waals surface area contributed by atoms with Gasteiger partial charge in [0.15, 0.2) is 0 Å². The molecule has 0 fully saturated rings. The Kier molecular flexibility index (Phi) is 7.59. The molecule has 2 aromatic carbocycles. The number of rotatable bonds is 7. The maximum atomic E-state index is 13.6. The molecule has 1 N–H and O–H groups in total. The summed E-state index contributed by atoms with van der Waals surface area (Å²) in [6.07, 6.45) is 2.84. The Hall–Kier alpha value is -3.54. The molecule has 0 aliphatic carbocycles. The first-order chi connectivity index (χ1) is 16.9. The van der Waals surface area contributed by atoms with Crippen LogP contribution in [0.1, 0.15) is 61.5 Å². The van der Waals surface area contributed by atoms with Crippen LogP contribution in [0.4, 0.5) is 10.5 Å². The minimum Gasteiger partial charge on any atom is -0.348 e. The third-order valence-electron chi connectivity index (χ3n) is 6.69. The van der Waals surface area contributed by atoms with Gasteiger partial charge in [-0.15, -0.1) is 0 Å². The summed E-state index contributed by atoms with van der Waals surface area (Å²) in [5.41, 5.74) is 5.33. The number of carbonyl (C=O) groups excluding carboxylic acids is 2. The quantitative estimate of drug-likeness (QED) is 0.473. The average molecular weight is 473 g/mol. The third-order valence-corrected chi connectivity index (χ3v) is 6.69. The van der Waals surface area contributed by atoms with Crippen LogP contribution in [0.15, 0.2) is 66.9 Å². The fourth-order valence-corrected chi connectivity index (χ4v) is 4.68. The van der Waals surface area contributed by atoms with Crippen molar-refractivity contribution in [3.63, 3.8) is 0 Å². The first kappa shape index (κ1) is 24.6. The molecule has 4 rings (SSSR count). The molecule has 1 aliphatic heterocycles. The third kappa shape index (κ3) is 5.59. The van der Waals surface area contributed by atoms with Gasteiger partial charge in [-0.05, 0) is 54.7 Å². The number of urea groups is 1. The lowest BCUT2D eigenvalue weighted by Crippen LogP contribution is -2.48. The van der Waals surface area contributed by atoms with Gasteiger partial charge in [-0.3, -0.25) is 4.79 Å². The highest BCUT2D eigenvalue weighted by atomic mass is 16.2. The number of anilines is 1. The zero-order valence-electron chi connectivity index (χ0n) is 21.2. The fourth-order valence-electron chi connectivity index (χ4n) is 4.68. The molecule has 3 aromatic rings. The van der Waals surface area contributed by atoms with Crippen molar-refractivity contribution in [2.24, 2.45) is 0 Å². The van der Waals surface area contributed by atoms with E-state index in [0.29, 0.717) is 19.0 Å². The Morgan fingerprint density at radius 2 is 1.74 bits per heavy atom. The predicted octanol–water partition coefficient (Wildman–Crippen LogP) is 5.80. The van der Waals surface area contributed by atoms with Crippen molar-refractivity contribution in [1.82, 2.24) is 14.4 Å². The number of hydrogen-bond acceptors (Lipinski definition) is 2. The summed E-state index contributed by atoms with van der Waals surface area (Å²) in [5.74, 6) is 0.392. The van der Waals surface area contributed by atoms with E-state index in [1.165, 1.54) is 11.1 Å². The summed E-state index contributed by atoms with van der Waals surface area (Å²) in [6.45, 7) is 10.3. The van der Waals surface area contributed by atoms with Crippen LogP contribution < -0.4 is 5.32 Å². The average Bonchev–Trinajstić information content (AvgIpc) is 3.33. The molecule has 3 amide bonds. The van der Waals surface area contributed by atoms with Crippen molar-refractivity contribution in [1.29, 1.82) is 0 Å². The smallest absolute Gasteiger partial charge is 0.322 e. The molecule has 0 spiro atoms. The van der Waals surface area contributed by atoms with Crippen LogP contribution in [0.2, 0.25) is 0 Å². The van der Waals surface area contributed by atoms with Gasteiger partial charge in [0.1, 0.15) is 6.54 Å². The fraction of sp³-hybridized carbons (Fsp3) is 0.379. The lowest BCUT2D eigenvalue weighted by molar-refractivity contribution is -0.134. The van der Waals surface area contributed by atoms with Crippen LogP contribution >= 0.6 is 0 Å². The lowest BCUT2D eigenvalue weighted by Gasteiger charge is -2.38. The highest BCUT2D eigenvalue weighted by Gasteiger charge is 2.33. The van der Waals surface area contributed by atoms with Gasteiger partial charge < -0.3 is 19.7 Å². The summed E-state index contributed by atoms with van der Waals surface area (Å²) in [7, 11) is 0. The number of benzene rings is 2. The van der Waals surface area contributed by atoms with E-state index < -0.39 is 0 Å². The van der Waals surface area contributed by atoms with Crippen LogP contribution in [-0.4, -0.2) is 45.9 Å². The number of aromatic nitrogens is 1. The first-order valence-electron chi connectivity index (χ1n) is 12.5. The Bertz CT molecular complexity index is 1150. The maximum Gasteiger partial charge on any atom is 0.322 e. The molecule has 0 saturated carbocycles. The van der Waals surface area contributed by atoms with Crippen molar-refractivity contribution >= 4 is 17.6 Å². The number of fused-ring (bicyclic) bond motifs is 1. The van der Waals surface area contributed by atoms with Gasteiger partial charge in [0.25, 0.3) is 0 Å². The molecule has 6 nitrogen and oxygen atoms in total. The van der Waals surface area contributed by atoms with E-state index in [1.807, 2.05) is 42.2 Å². The van der Waals surface area contributed by atoms with Crippen molar-refractivity contribution in [2.45, 2.75) is 52.6 Å². The van der Waals surface area contributed by atoms with E-state index in [2.05, 4.69) is 67.2 Å². The second-order valence-electron chi connectivity index (χ2n) is 9.66. The molecule has 35 heavy (non-hydrogen) atoms. The van der Waals surface area contributed by atoms with Crippen molar-refractivity contribution in [2.75, 3.05) is 25.0 Å². The minimum atomic E-state index is -0.246. The number of carbonyl (C=O) groups is 2. The molecule has 0 bridgehead atoms. The Balaban J connectivity index is 1.52. The maximum absolute atomic E-state index is 13.6. The molecule has 6 heteroatoms. The summed E-state index contributed by atoms with van der Waals surface area (Å²) in [4.78, 5) is 30.3. The molecule has 0 unspecified atom stereocenters. The molecule has 1 aliphatic rings. The zero-order chi connectivity index (χ0) is 24.9. The number of nitrogens with one attached hydrogen (secondary N) is 1. The first-order valence-corrected chi connectivity index (χ1v) is 12.5. The molecule has 2 heterocycles. The molecular formula is C29H36N4O2. The summed E-state index contributed by atoms with van der Waals surface area (Å²) >= 11 is 0. The highest BCUT2D eigenvalue weighted by Crippen LogP contribution is 2.32. The van der Waals surface area contributed by atoms with Gasteiger partial charge >= 0.3 is 6.03 Å². The van der Waals surface area contributed by atoms with E-state index in [1.54, 1.807) is 4.90 Å². The molecule has 0 saturated heterocycles. The van der Waals surface area contributed by atoms with Gasteiger partial charge in [0, 0.05) is 37.2 Å². The van der Waals surface area contributed by atoms with E-state index in [4.69, 9.17) is 0 Å². The topological polar surface area (TPSA) is 57.6 Å². The highest BCUT2D eigenvalue weighted by molar-refractivity contribution is 5.92. The predicted molar refractivity (Wildman–Crippen MR) is 141 cm³/mol. The monoisotopic (exact) mass is 472 g/mol. The van der Waals surface area contributed by atoms with Crippen LogP contribution in [0.5, 0.6) is 0 Å². The Morgan fingerprint density at radius 1 is 1.03 bits per heavy atom. The number of hydrogen-bond donors (Lipinski definition) is 1. The Morgan fingerprint density at radius 3 is 2.40 bits per heavy atom. The molecule has 1 atom stereocenters. The standard InChI is InChI=1S/C29H36N4O2/c1-5-16-32(29(35)30-25-14-12-23(13-15-25)21(2)3)20-27(34)33-19-18-31-17-6-7-26(31)28(33)24-10-8-22(4)9-11-24/h6-15,17,21,28H,5,16,18-20H2,1-4H3,(H,30,35)/t28-/m0/s1. The number of aryl methyl sites for hydroxylation is 1. The summed E-state index contributed by atoms with van der Waals surface area (Å²) in [6, 6.07) is 20.0. The zero-order valence-corrected chi connectivity index (χ0v) is 21.2. The number of nitrogens with zero attached hydrogens (tertiary/aromatic N) is 3. The van der Waals surface area contributed by atoms with Gasteiger partial charge in [0.05, 0.1) is 6.04 Å². The molecule has 0 radical (unpaired) electrons. The number of amides is 3. The largest absolute Gasteiger partial charge is 0.348 e. The summed E-state index contributed by atoms with van der Waals surface area (Å²) < 4.78 is 2.21. The van der Waals surface area contributed by atoms with Crippen LogP contribution in [-0.2, 0) is 11.3 Å². The lowest BCUT2D eigenvalue weighted by atomic mass is 9.98. The molecular weight excluding hydrogens is 436 g/mol. The second-order valence-corrected chi connectivity index (χ2v) is 9.66. The molecule has 184 valence electrons. The summed E-state index contributed by atoms with van der Waals surface area (Å²) in [5, 5.41) is 2.97. The second kappa shape index (κ2) is 10.8. The van der Waals surface area contributed by atoms with E-state index in [-0.39, 0.29) is 24.5 Å². The molecule has 1 aromatic heterocycles. The van der Waals surface area contributed by atoms with Gasteiger partial charge in [-0.1, -0.05) is 62.7 Å². The van der Waals surface area contributed by atoms with Crippen molar-refractivity contribution < 1.29 is 9.59 Å². The van der Waals surface area contributed by atoms with Crippen molar-refractivity contribution in [3.8, 4) is 0 Å². The SMILES string of the molecule is CCCN(CC(=O)N1CCn2cccc2[C@@H]1c1ccc(C)cc1)C(=O)Nc1ccc(C(C)C)cc1. The van der Waals surface area contributed by atoms with E-state index in [9.17, 15) is 9.59 Å². The van der Waals surface area contributed by atoms with E-state index in [0.717, 1.165) is 29.9 Å². The normalized spacial score (nSPS) is 15.1.